The average molecular weight is 313 g/mol. The predicted octanol–water partition coefficient (Wildman–Crippen LogP) is 2.85. The summed E-state index contributed by atoms with van der Waals surface area (Å²) in [4.78, 5) is 2.38. The Morgan fingerprint density at radius 1 is 1.33 bits per heavy atom. The summed E-state index contributed by atoms with van der Waals surface area (Å²) < 4.78 is 10.8. The largest absolute Gasteiger partial charge is 0.496 e. The summed E-state index contributed by atoms with van der Waals surface area (Å²) in [6, 6.07) is 5.90. The van der Waals surface area contributed by atoms with Crippen LogP contribution in [0.1, 0.15) is 30.9 Å². The molecule has 0 spiro atoms. The highest BCUT2D eigenvalue weighted by Gasteiger charge is 2.32. The third-order valence-corrected chi connectivity index (χ3v) is 4.47. The van der Waals surface area contributed by atoms with Crippen LogP contribution in [-0.2, 0) is 4.74 Å². The first-order chi connectivity index (χ1) is 10.2. The van der Waals surface area contributed by atoms with Gasteiger partial charge < -0.3 is 15.2 Å². The smallest absolute Gasteiger partial charge is 0.125 e. The van der Waals surface area contributed by atoms with E-state index in [4.69, 9.17) is 26.8 Å². The van der Waals surface area contributed by atoms with Gasteiger partial charge in [0.25, 0.3) is 0 Å². The van der Waals surface area contributed by atoms with E-state index in [9.17, 15) is 0 Å². The SMILES string of the molecule is COCCN1CCCCC(N)C1c1c(Cl)cccc1OC. The number of hydrogen-bond donors (Lipinski definition) is 1. The Kier molecular flexibility index (Phi) is 6.30. The molecule has 1 aliphatic rings. The fourth-order valence-electron chi connectivity index (χ4n) is 3.10. The monoisotopic (exact) mass is 312 g/mol. The van der Waals surface area contributed by atoms with Crippen molar-refractivity contribution in [2.24, 2.45) is 5.73 Å². The molecule has 0 saturated carbocycles. The van der Waals surface area contributed by atoms with E-state index in [2.05, 4.69) is 4.90 Å². The van der Waals surface area contributed by atoms with Crippen LogP contribution in [0.3, 0.4) is 0 Å². The fraction of sp³-hybridized carbons (Fsp3) is 0.625. The molecule has 1 aromatic carbocycles. The van der Waals surface area contributed by atoms with E-state index in [-0.39, 0.29) is 12.1 Å². The number of ether oxygens (including phenoxy) is 2. The molecule has 0 aliphatic carbocycles. The molecule has 2 rings (SSSR count). The van der Waals surface area contributed by atoms with Gasteiger partial charge in [-0.05, 0) is 31.5 Å². The fourth-order valence-corrected chi connectivity index (χ4v) is 3.38. The van der Waals surface area contributed by atoms with Crippen molar-refractivity contribution in [2.75, 3.05) is 33.9 Å². The third-order valence-electron chi connectivity index (χ3n) is 4.14. The van der Waals surface area contributed by atoms with Gasteiger partial charge in [-0.2, -0.15) is 0 Å². The molecule has 1 aliphatic heterocycles. The lowest BCUT2D eigenvalue weighted by molar-refractivity contribution is 0.114. The number of nitrogens with two attached hydrogens (primary N) is 1. The van der Waals surface area contributed by atoms with Crippen molar-refractivity contribution in [1.82, 2.24) is 4.90 Å². The molecule has 0 amide bonds. The summed E-state index contributed by atoms with van der Waals surface area (Å²) in [5, 5.41) is 0.721. The molecule has 1 aromatic rings. The second-order valence-corrected chi connectivity index (χ2v) is 5.90. The van der Waals surface area contributed by atoms with E-state index < -0.39 is 0 Å². The van der Waals surface area contributed by atoms with Crippen molar-refractivity contribution in [3.63, 3.8) is 0 Å². The number of hydrogen-bond acceptors (Lipinski definition) is 4. The number of rotatable bonds is 5. The number of likely N-dealkylation sites (tertiary alicyclic amines) is 1. The van der Waals surface area contributed by atoms with E-state index in [1.165, 1.54) is 0 Å². The van der Waals surface area contributed by atoms with Crippen LogP contribution in [0.5, 0.6) is 5.75 Å². The Morgan fingerprint density at radius 3 is 2.86 bits per heavy atom. The number of methoxy groups -OCH3 is 2. The first-order valence-electron chi connectivity index (χ1n) is 7.50. The van der Waals surface area contributed by atoms with Crippen LogP contribution in [0.25, 0.3) is 0 Å². The summed E-state index contributed by atoms with van der Waals surface area (Å²) in [6.45, 7) is 2.55. The molecular weight excluding hydrogens is 288 g/mol. The Balaban J connectivity index is 2.38. The van der Waals surface area contributed by atoms with Crippen molar-refractivity contribution in [1.29, 1.82) is 0 Å². The molecule has 118 valence electrons. The summed E-state index contributed by atoms with van der Waals surface area (Å²) in [5.41, 5.74) is 7.48. The Labute approximate surface area is 132 Å². The van der Waals surface area contributed by atoms with Crippen LogP contribution in [0, 0.1) is 0 Å². The van der Waals surface area contributed by atoms with Gasteiger partial charge in [-0.25, -0.2) is 0 Å². The number of halogens is 1. The van der Waals surface area contributed by atoms with Gasteiger partial charge in [0, 0.05) is 30.3 Å². The summed E-state index contributed by atoms with van der Waals surface area (Å²) in [7, 11) is 3.40. The summed E-state index contributed by atoms with van der Waals surface area (Å²) in [6.07, 6.45) is 3.30. The van der Waals surface area contributed by atoms with Gasteiger partial charge in [0.15, 0.2) is 0 Å². The highest BCUT2D eigenvalue weighted by atomic mass is 35.5. The molecule has 2 atom stereocenters. The molecule has 1 heterocycles. The zero-order valence-corrected chi connectivity index (χ0v) is 13.6. The van der Waals surface area contributed by atoms with Crippen LogP contribution in [-0.4, -0.2) is 44.9 Å². The highest BCUT2D eigenvalue weighted by molar-refractivity contribution is 6.31. The minimum absolute atomic E-state index is 0.0538. The molecule has 2 N–H and O–H groups in total. The van der Waals surface area contributed by atoms with E-state index in [0.29, 0.717) is 6.61 Å². The Morgan fingerprint density at radius 2 is 2.14 bits per heavy atom. The lowest BCUT2D eigenvalue weighted by Crippen LogP contribution is -2.41. The summed E-state index contributed by atoms with van der Waals surface area (Å²) >= 11 is 6.47. The van der Waals surface area contributed by atoms with Gasteiger partial charge in [-0.3, -0.25) is 4.90 Å². The van der Waals surface area contributed by atoms with Gasteiger partial charge in [0.2, 0.25) is 0 Å². The molecular formula is C16H25ClN2O2. The lowest BCUT2D eigenvalue weighted by Gasteiger charge is -2.34. The van der Waals surface area contributed by atoms with E-state index >= 15 is 0 Å². The van der Waals surface area contributed by atoms with Crippen LogP contribution in [0.2, 0.25) is 5.02 Å². The lowest BCUT2D eigenvalue weighted by atomic mass is 9.95. The summed E-state index contributed by atoms with van der Waals surface area (Å²) in [5.74, 6) is 0.812. The molecule has 21 heavy (non-hydrogen) atoms. The van der Waals surface area contributed by atoms with Gasteiger partial charge >= 0.3 is 0 Å². The Hall–Kier alpha value is -0.810. The van der Waals surface area contributed by atoms with Crippen LogP contribution in [0.15, 0.2) is 18.2 Å². The maximum Gasteiger partial charge on any atom is 0.125 e. The van der Waals surface area contributed by atoms with Gasteiger partial charge in [-0.15, -0.1) is 0 Å². The van der Waals surface area contributed by atoms with E-state index in [1.807, 2.05) is 18.2 Å². The maximum absolute atomic E-state index is 6.47. The van der Waals surface area contributed by atoms with Crippen LogP contribution in [0.4, 0.5) is 0 Å². The quantitative estimate of drug-likeness (QED) is 0.908. The molecule has 0 aromatic heterocycles. The first kappa shape index (κ1) is 16.6. The normalized spacial score (nSPS) is 23.8. The van der Waals surface area contributed by atoms with Crippen molar-refractivity contribution in [3.8, 4) is 5.75 Å². The standard InChI is InChI=1S/C16H25ClN2O2/c1-20-11-10-19-9-4-3-7-13(18)16(19)15-12(17)6-5-8-14(15)21-2/h5-6,8,13,16H,3-4,7,9-11,18H2,1-2H3. The van der Waals surface area contributed by atoms with Crippen molar-refractivity contribution in [2.45, 2.75) is 31.3 Å². The predicted molar refractivity (Wildman–Crippen MR) is 86.0 cm³/mol. The zero-order valence-electron chi connectivity index (χ0n) is 12.8. The second kappa shape index (κ2) is 7.99. The molecule has 4 nitrogen and oxygen atoms in total. The highest BCUT2D eigenvalue weighted by Crippen LogP contribution is 2.39. The minimum atomic E-state index is 0.0538. The van der Waals surface area contributed by atoms with Crippen LogP contribution < -0.4 is 10.5 Å². The van der Waals surface area contributed by atoms with Gasteiger partial charge in [0.1, 0.15) is 5.75 Å². The van der Waals surface area contributed by atoms with E-state index in [0.717, 1.165) is 48.7 Å². The number of nitrogens with zero attached hydrogens (tertiary/aromatic N) is 1. The first-order valence-corrected chi connectivity index (χ1v) is 7.87. The molecule has 0 radical (unpaired) electrons. The molecule has 1 saturated heterocycles. The zero-order chi connectivity index (χ0) is 15.2. The molecule has 5 heteroatoms. The topological polar surface area (TPSA) is 47.7 Å². The number of benzene rings is 1. The minimum Gasteiger partial charge on any atom is -0.496 e. The third kappa shape index (κ3) is 3.89. The second-order valence-electron chi connectivity index (χ2n) is 5.49. The van der Waals surface area contributed by atoms with Crippen molar-refractivity contribution in [3.05, 3.63) is 28.8 Å². The van der Waals surface area contributed by atoms with Gasteiger partial charge in [0.05, 0.1) is 19.8 Å². The Bertz CT molecular complexity index is 456. The molecule has 2 unspecified atom stereocenters. The van der Waals surface area contributed by atoms with Crippen LogP contribution >= 0.6 is 11.6 Å². The molecule has 0 bridgehead atoms. The average Bonchev–Trinajstić information content (AvgIpc) is 2.66. The van der Waals surface area contributed by atoms with Crippen molar-refractivity contribution >= 4 is 11.6 Å². The maximum atomic E-state index is 6.47. The van der Waals surface area contributed by atoms with Gasteiger partial charge in [-0.1, -0.05) is 24.1 Å². The molecule has 1 fully saturated rings. The van der Waals surface area contributed by atoms with Crippen molar-refractivity contribution < 1.29 is 9.47 Å². The van der Waals surface area contributed by atoms with E-state index in [1.54, 1.807) is 14.2 Å².